The van der Waals surface area contributed by atoms with E-state index in [2.05, 4.69) is 11.9 Å². The molecule has 1 aliphatic heterocycles. The maximum atomic E-state index is 12.1. The highest BCUT2D eigenvalue weighted by Gasteiger charge is 2.18. The molecule has 0 unspecified atom stereocenters. The molecule has 1 aromatic carbocycles. The van der Waals surface area contributed by atoms with Crippen LogP contribution < -0.4 is 14.8 Å². The van der Waals surface area contributed by atoms with Gasteiger partial charge in [-0.25, -0.2) is 0 Å². The number of allylic oxidation sites excluding steroid dienone is 1. The van der Waals surface area contributed by atoms with Gasteiger partial charge in [-0.15, -0.1) is 0 Å². The molecule has 0 bridgehead atoms. The molecule has 4 nitrogen and oxygen atoms in total. The van der Waals surface area contributed by atoms with Crippen molar-refractivity contribution in [1.82, 2.24) is 5.32 Å². The van der Waals surface area contributed by atoms with Crippen molar-refractivity contribution in [1.29, 1.82) is 0 Å². The molecule has 3 rings (SSSR count). The normalized spacial score (nSPS) is 18.1. The number of carbonyl (C=O) groups excluding carboxylic acids is 1. The maximum absolute atomic E-state index is 12.1. The second-order valence-corrected chi connectivity index (χ2v) is 5.46. The second kappa shape index (κ2) is 5.57. The fourth-order valence-corrected chi connectivity index (χ4v) is 2.69. The van der Waals surface area contributed by atoms with Crippen LogP contribution in [0.25, 0.3) is 0 Å². The molecule has 1 N–H and O–H groups in total. The highest BCUT2D eigenvalue weighted by atomic mass is 16.7. The lowest BCUT2D eigenvalue weighted by molar-refractivity contribution is -0.121. The van der Waals surface area contributed by atoms with Gasteiger partial charge in [-0.1, -0.05) is 18.2 Å². The molecule has 1 saturated carbocycles. The predicted octanol–water partition coefficient (Wildman–Crippen LogP) is 2.57. The van der Waals surface area contributed by atoms with Crippen LogP contribution in [0.15, 0.2) is 30.4 Å². The summed E-state index contributed by atoms with van der Waals surface area (Å²) in [5.41, 5.74) is 2.25. The van der Waals surface area contributed by atoms with Gasteiger partial charge in [-0.05, 0) is 43.4 Å². The Morgan fingerprint density at radius 3 is 2.80 bits per heavy atom. The zero-order valence-corrected chi connectivity index (χ0v) is 11.5. The van der Waals surface area contributed by atoms with Crippen molar-refractivity contribution < 1.29 is 14.3 Å². The molecule has 2 aliphatic rings. The smallest absolute Gasteiger partial charge is 0.231 e. The molecule has 1 aromatic rings. The summed E-state index contributed by atoms with van der Waals surface area (Å²) in [6, 6.07) is 5.94. The fourth-order valence-electron chi connectivity index (χ4n) is 2.69. The fraction of sp³-hybridized carbons (Fsp3) is 0.438. The summed E-state index contributed by atoms with van der Waals surface area (Å²) >= 11 is 0. The van der Waals surface area contributed by atoms with E-state index in [0.717, 1.165) is 42.7 Å². The monoisotopic (exact) mass is 273 g/mol. The number of fused-ring (bicyclic) bond motifs is 1. The molecule has 1 aliphatic carbocycles. The summed E-state index contributed by atoms with van der Waals surface area (Å²) < 4.78 is 10.6. The number of rotatable bonds is 3. The van der Waals surface area contributed by atoms with Crippen LogP contribution in [0, 0.1) is 0 Å². The molecular formula is C16H19NO3. The van der Waals surface area contributed by atoms with Crippen molar-refractivity contribution in [2.24, 2.45) is 0 Å². The number of nitrogens with one attached hydrogen (secondary N) is 1. The average Bonchev–Trinajstić information content (AvgIpc) is 2.89. The third-order valence-electron chi connectivity index (χ3n) is 3.86. The first kappa shape index (κ1) is 13.0. The van der Waals surface area contributed by atoms with E-state index in [1.165, 1.54) is 5.57 Å². The van der Waals surface area contributed by atoms with Gasteiger partial charge in [0, 0.05) is 6.04 Å². The van der Waals surface area contributed by atoms with Gasteiger partial charge in [0.2, 0.25) is 12.7 Å². The quantitative estimate of drug-likeness (QED) is 0.861. The zero-order chi connectivity index (χ0) is 13.9. The van der Waals surface area contributed by atoms with Gasteiger partial charge in [0.25, 0.3) is 0 Å². The standard InChI is InChI=1S/C16H19NO3/c1-11-2-5-13(6-3-11)17-16(18)9-12-4-7-14-15(8-12)20-10-19-14/h4,7-8,13H,1-3,5-6,9-10H2,(H,17,18). The van der Waals surface area contributed by atoms with E-state index in [9.17, 15) is 4.79 Å². The molecule has 0 saturated heterocycles. The average molecular weight is 273 g/mol. The first-order valence-corrected chi connectivity index (χ1v) is 7.05. The molecule has 1 fully saturated rings. The molecule has 1 amide bonds. The van der Waals surface area contributed by atoms with E-state index >= 15 is 0 Å². The number of ether oxygens (including phenoxy) is 2. The van der Waals surface area contributed by atoms with Crippen molar-refractivity contribution >= 4 is 5.91 Å². The minimum atomic E-state index is 0.0707. The van der Waals surface area contributed by atoms with Crippen molar-refractivity contribution in [3.8, 4) is 11.5 Å². The number of amides is 1. The van der Waals surface area contributed by atoms with Crippen molar-refractivity contribution in [2.75, 3.05) is 6.79 Å². The number of carbonyl (C=O) groups is 1. The maximum Gasteiger partial charge on any atom is 0.231 e. The van der Waals surface area contributed by atoms with Crippen LogP contribution >= 0.6 is 0 Å². The SMILES string of the molecule is C=C1CCC(NC(=O)Cc2ccc3c(c2)OCO3)CC1. The third kappa shape index (κ3) is 2.95. The Morgan fingerprint density at radius 1 is 1.25 bits per heavy atom. The zero-order valence-electron chi connectivity index (χ0n) is 11.5. The second-order valence-electron chi connectivity index (χ2n) is 5.46. The summed E-state index contributed by atoms with van der Waals surface area (Å²) in [4.78, 5) is 12.1. The Labute approximate surface area is 118 Å². The van der Waals surface area contributed by atoms with Gasteiger partial charge in [0.05, 0.1) is 6.42 Å². The highest BCUT2D eigenvalue weighted by Crippen LogP contribution is 2.32. The van der Waals surface area contributed by atoms with Crippen LogP contribution in [-0.4, -0.2) is 18.7 Å². The Hall–Kier alpha value is -1.97. The summed E-state index contributed by atoms with van der Waals surface area (Å²) in [7, 11) is 0. The first-order valence-electron chi connectivity index (χ1n) is 7.05. The van der Waals surface area contributed by atoms with Crippen LogP contribution in [-0.2, 0) is 11.2 Å². The van der Waals surface area contributed by atoms with Gasteiger partial charge < -0.3 is 14.8 Å². The van der Waals surface area contributed by atoms with Crippen LogP contribution in [0.5, 0.6) is 11.5 Å². The Balaban J connectivity index is 1.55. The van der Waals surface area contributed by atoms with Crippen molar-refractivity contribution in [3.63, 3.8) is 0 Å². The van der Waals surface area contributed by atoms with E-state index in [-0.39, 0.29) is 12.7 Å². The van der Waals surface area contributed by atoms with Gasteiger partial charge in [0.1, 0.15) is 0 Å². The predicted molar refractivity (Wildman–Crippen MR) is 75.8 cm³/mol. The molecule has 106 valence electrons. The van der Waals surface area contributed by atoms with E-state index in [1.54, 1.807) is 0 Å². The van der Waals surface area contributed by atoms with E-state index in [1.807, 2.05) is 18.2 Å². The lowest BCUT2D eigenvalue weighted by Crippen LogP contribution is -2.37. The number of hydrogen-bond acceptors (Lipinski definition) is 3. The number of benzene rings is 1. The minimum Gasteiger partial charge on any atom is -0.454 e. The summed E-state index contributed by atoms with van der Waals surface area (Å²) in [6.07, 6.45) is 4.44. The molecule has 1 heterocycles. The van der Waals surface area contributed by atoms with Crippen LogP contribution in [0.1, 0.15) is 31.2 Å². The molecule has 20 heavy (non-hydrogen) atoms. The Bertz CT molecular complexity index is 529. The lowest BCUT2D eigenvalue weighted by atomic mass is 9.92. The molecule has 0 atom stereocenters. The third-order valence-corrected chi connectivity index (χ3v) is 3.86. The first-order chi connectivity index (χ1) is 9.70. The van der Waals surface area contributed by atoms with E-state index in [4.69, 9.17) is 9.47 Å². The van der Waals surface area contributed by atoms with Gasteiger partial charge >= 0.3 is 0 Å². The van der Waals surface area contributed by atoms with Crippen molar-refractivity contribution in [3.05, 3.63) is 35.9 Å². The molecule has 0 aromatic heterocycles. The van der Waals surface area contributed by atoms with Crippen LogP contribution in [0.4, 0.5) is 0 Å². The number of hydrogen-bond donors (Lipinski definition) is 1. The molecule has 0 spiro atoms. The lowest BCUT2D eigenvalue weighted by Gasteiger charge is -2.24. The molecule has 4 heteroatoms. The molecule has 0 radical (unpaired) electrons. The van der Waals surface area contributed by atoms with Crippen LogP contribution in [0.2, 0.25) is 0 Å². The Kier molecular flexibility index (Phi) is 3.63. The topological polar surface area (TPSA) is 47.6 Å². The molecular weight excluding hydrogens is 254 g/mol. The Morgan fingerprint density at radius 2 is 2.00 bits per heavy atom. The minimum absolute atomic E-state index is 0.0707. The van der Waals surface area contributed by atoms with Gasteiger partial charge in [-0.3, -0.25) is 4.79 Å². The van der Waals surface area contributed by atoms with Gasteiger partial charge in [0.15, 0.2) is 11.5 Å². The van der Waals surface area contributed by atoms with E-state index < -0.39 is 0 Å². The summed E-state index contributed by atoms with van der Waals surface area (Å²) in [5.74, 6) is 1.55. The van der Waals surface area contributed by atoms with E-state index in [0.29, 0.717) is 12.5 Å². The van der Waals surface area contributed by atoms with Gasteiger partial charge in [-0.2, -0.15) is 0 Å². The summed E-state index contributed by atoms with van der Waals surface area (Å²) in [5, 5.41) is 3.10. The highest BCUT2D eigenvalue weighted by molar-refractivity contribution is 5.79. The van der Waals surface area contributed by atoms with Crippen molar-refractivity contribution in [2.45, 2.75) is 38.1 Å². The largest absolute Gasteiger partial charge is 0.454 e. The van der Waals surface area contributed by atoms with Crippen LogP contribution in [0.3, 0.4) is 0 Å². The summed E-state index contributed by atoms with van der Waals surface area (Å²) in [6.45, 7) is 4.25.